The maximum Gasteiger partial charge on any atom is 0.326 e. The third-order valence-electron chi connectivity index (χ3n) is 13.0. The van der Waals surface area contributed by atoms with Crippen molar-refractivity contribution in [2.45, 2.75) is 75.2 Å². The molecule has 13 nitrogen and oxygen atoms in total. The van der Waals surface area contributed by atoms with Crippen LogP contribution >= 0.6 is 0 Å². The predicted molar refractivity (Wildman–Crippen MR) is 284 cm³/mol. The Labute approximate surface area is 430 Å². The lowest BCUT2D eigenvalue weighted by Crippen LogP contribution is -2.59. The van der Waals surface area contributed by atoms with Crippen molar-refractivity contribution >= 4 is 35.5 Å². The third kappa shape index (κ3) is 14.9. The van der Waals surface area contributed by atoms with Gasteiger partial charge in [0.1, 0.15) is 36.0 Å². The first-order valence-electron chi connectivity index (χ1n) is 24.8. The van der Waals surface area contributed by atoms with Crippen molar-refractivity contribution in [2.75, 3.05) is 6.61 Å². The molecule has 376 valence electrons. The summed E-state index contributed by atoms with van der Waals surface area (Å²) in [6.45, 7) is -0.447. The highest BCUT2D eigenvalue weighted by molar-refractivity contribution is 5.96. The number of aryl methyl sites for hydroxylation is 2. The number of carboxylic acids is 1. The Hall–Kier alpha value is -8.84. The number of amides is 5. The van der Waals surface area contributed by atoms with Crippen molar-refractivity contribution in [3.63, 3.8) is 0 Å². The van der Waals surface area contributed by atoms with Crippen molar-refractivity contribution < 1.29 is 38.6 Å². The molecule has 9 rings (SSSR count). The van der Waals surface area contributed by atoms with E-state index in [1.807, 2.05) is 170 Å². The number of fused-ring (bicyclic) bond motifs is 16. The van der Waals surface area contributed by atoms with Gasteiger partial charge in [0.05, 0.1) is 0 Å². The summed E-state index contributed by atoms with van der Waals surface area (Å²) in [6, 6.07) is 54.0. The minimum atomic E-state index is -1.29. The van der Waals surface area contributed by atoms with Gasteiger partial charge in [0.15, 0.2) is 6.61 Å². The quantitative estimate of drug-likeness (QED) is 0.0581. The molecule has 0 aliphatic carbocycles. The summed E-state index contributed by atoms with van der Waals surface area (Å²) >= 11 is 0. The van der Waals surface area contributed by atoms with Crippen LogP contribution in [0.5, 0.6) is 5.75 Å². The van der Waals surface area contributed by atoms with Crippen LogP contribution in [0.15, 0.2) is 194 Å². The fraction of sp³-hybridized carbons (Fsp3) is 0.213. The Morgan fingerprint density at radius 3 is 1.46 bits per heavy atom. The second-order valence-corrected chi connectivity index (χ2v) is 18.4. The van der Waals surface area contributed by atoms with Crippen LogP contribution in [-0.2, 0) is 60.9 Å². The number of hydrogen-bond acceptors (Lipinski definition) is 7. The maximum atomic E-state index is 14.9. The number of aliphatic carboxylic acids is 1. The van der Waals surface area contributed by atoms with Gasteiger partial charge in [-0.3, -0.25) is 24.0 Å². The van der Waals surface area contributed by atoms with Crippen molar-refractivity contribution in [1.82, 2.24) is 26.6 Å². The lowest BCUT2D eigenvalue weighted by Gasteiger charge is -2.27. The van der Waals surface area contributed by atoms with E-state index in [1.54, 1.807) is 24.3 Å². The molecule has 0 radical (unpaired) electrons. The second-order valence-electron chi connectivity index (χ2n) is 18.4. The van der Waals surface area contributed by atoms with Crippen LogP contribution in [0.25, 0.3) is 22.3 Å². The van der Waals surface area contributed by atoms with E-state index in [1.165, 1.54) is 0 Å². The minimum Gasteiger partial charge on any atom is -0.484 e. The number of benzene rings is 7. The average Bonchev–Trinajstić information content (AvgIpc) is 3.43. The van der Waals surface area contributed by atoms with Crippen molar-refractivity contribution in [2.24, 2.45) is 0 Å². The van der Waals surface area contributed by atoms with Crippen molar-refractivity contribution in [1.29, 1.82) is 0 Å². The number of carbonyl (C=O) groups is 6. The summed E-state index contributed by atoms with van der Waals surface area (Å²) in [4.78, 5) is 84.9. The topological polar surface area (TPSA) is 192 Å². The highest BCUT2D eigenvalue weighted by atomic mass is 16.5. The number of ether oxygens (including phenoxy) is 1. The third-order valence-corrected chi connectivity index (χ3v) is 13.0. The monoisotopic (exact) mass is 989 g/mol. The molecule has 0 aromatic heterocycles. The van der Waals surface area contributed by atoms with Crippen molar-refractivity contribution in [3.05, 3.63) is 222 Å². The highest BCUT2D eigenvalue weighted by Crippen LogP contribution is 2.22. The number of rotatable bonds is 15. The van der Waals surface area contributed by atoms with Crippen LogP contribution in [0.3, 0.4) is 0 Å². The van der Waals surface area contributed by atoms with E-state index in [4.69, 9.17) is 4.74 Å². The minimum absolute atomic E-state index is 0.00772. The Bertz CT molecular complexity index is 2980. The van der Waals surface area contributed by atoms with E-state index >= 15 is 0 Å². The van der Waals surface area contributed by atoms with Crippen LogP contribution in [0.4, 0.5) is 0 Å². The molecule has 2 aliphatic rings. The fourth-order valence-corrected chi connectivity index (χ4v) is 8.90. The van der Waals surface area contributed by atoms with Crippen molar-refractivity contribution in [3.8, 4) is 28.0 Å². The van der Waals surface area contributed by atoms with Gasteiger partial charge in [-0.05, 0) is 87.9 Å². The Morgan fingerprint density at radius 2 is 0.946 bits per heavy atom. The van der Waals surface area contributed by atoms with E-state index in [0.717, 1.165) is 38.9 Å². The molecule has 74 heavy (non-hydrogen) atoms. The zero-order chi connectivity index (χ0) is 51.7. The van der Waals surface area contributed by atoms with Gasteiger partial charge >= 0.3 is 5.97 Å². The zero-order valence-corrected chi connectivity index (χ0v) is 40.8. The molecule has 7 aromatic rings. The Kier molecular flexibility index (Phi) is 17.8. The first kappa shape index (κ1) is 51.5. The number of hydrogen-bond donors (Lipinski definition) is 6. The van der Waals surface area contributed by atoms with Gasteiger partial charge in [-0.1, -0.05) is 182 Å². The molecule has 6 N–H and O–H groups in total. The SMILES string of the molecule is O=C1COc2ccc(cc2)C[C@@H](C(=O)N[C@@H](CCc2ccccc2)C(=O)O)NC(=O)[C@H](CCc2ccccc2)NC(=O)[C@@H](Cc2ccc(-c3ccccc3)cc2)NC(=O)[C@H](Cc2ccc(-c3ccccc3)cc2)N1. The summed E-state index contributed by atoms with van der Waals surface area (Å²) in [5.74, 6) is -4.24. The van der Waals surface area contributed by atoms with Gasteiger partial charge in [0.2, 0.25) is 23.6 Å². The first-order chi connectivity index (χ1) is 36.0. The van der Waals surface area contributed by atoms with Gasteiger partial charge in [-0.25, -0.2) is 4.79 Å². The molecule has 7 aromatic carbocycles. The van der Waals surface area contributed by atoms with E-state index < -0.39 is 72.3 Å². The average molecular weight is 990 g/mol. The second kappa shape index (κ2) is 25.5. The van der Waals surface area contributed by atoms with E-state index in [-0.39, 0.29) is 32.1 Å². The Balaban J connectivity index is 1.11. The van der Waals surface area contributed by atoms with Gasteiger partial charge < -0.3 is 36.4 Å². The molecular formula is C61H59N5O8. The van der Waals surface area contributed by atoms with Crippen LogP contribution < -0.4 is 31.3 Å². The van der Waals surface area contributed by atoms with Crippen LogP contribution in [0, 0.1) is 0 Å². The zero-order valence-electron chi connectivity index (χ0n) is 40.8. The first-order valence-corrected chi connectivity index (χ1v) is 24.8. The standard InChI is InChI=1S/C61H59N5O8/c67-56-40-74-50-33-25-45(26-34-50)39-55(60(71)64-52(61(72)73)36-28-42-15-7-2-8-16-42)65-57(68)51(35-27-41-13-5-1-6-14-41)63-59(70)54(38-44-23-31-49(32-24-44)47-19-11-4-12-20-47)66-58(69)53(62-56)37-43-21-29-48(30-22-43)46-17-9-3-10-18-46/h1-26,29-34,51-55H,27-28,35-40H2,(H,62,67)(H,63,70)(H,64,71)(H,65,68)(H,66,69)(H,72,73)/t51-,52-,53-,54+,55-/m0/s1. The molecule has 0 saturated heterocycles. The van der Waals surface area contributed by atoms with Gasteiger partial charge in [-0.15, -0.1) is 0 Å². The molecule has 13 heteroatoms. The lowest BCUT2D eigenvalue weighted by atomic mass is 9.98. The fourth-order valence-electron chi connectivity index (χ4n) is 8.90. The maximum absolute atomic E-state index is 14.9. The molecule has 0 saturated carbocycles. The molecule has 0 fully saturated rings. The molecule has 2 aliphatic heterocycles. The summed E-state index contributed by atoms with van der Waals surface area (Å²) in [7, 11) is 0. The Morgan fingerprint density at radius 1 is 0.500 bits per heavy atom. The van der Waals surface area contributed by atoms with Crippen LogP contribution in [-0.4, -0.2) is 77.4 Å². The molecule has 5 atom stereocenters. The molecule has 2 heterocycles. The summed E-state index contributed by atoms with van der Waals surface area (Å²) in [5, 5.41) is 24.5. The van der Waals surface area contributed by atoms with Gasteiger partial charge in [0, 0.05) is 19.3 Å². The number of carboxylic acid groups (broad SMARTS) is 1. The largest absolute Gasteiger partial charge is 0.484 e. The van der Waals surface area contributed by atoms with Gasteiger partial charge in [-0.2, -0.15) is 0 Å². The smallest absolute Gasteiger partial charge is 0.326 e. The normalized spacial score (nSPS) is 17.9. The summed E-state index contributed by atoms with van der Waals surface area (Å²) < 4.78 is 5.88. The molecule has 0 unspecified atom stereocenters. The summed E-state index contributed by atoms with van der Waals surface area (Å²) in [6.07, 6.45) is 0.933. The molecule has 0 spiro atoms. The van der Waals surface area contributed by atoms with Gasteiger partial charge in [0.25, 0.3) is 5.91 Å². The van der Waals surface area contributed by atoms with Crippen LogP contribution in [0.2, 0.25) is 0 Å². The highest BCUT2D eigenvalue weighted by Gasteiger charge is 2.33. The van der Waals surface area contributed by atoms with E-state index in [9.17, 15) is 33.9 Å². The number of carbonyl (C=O) groups excluding carboxylic acids is 5. The molecular weight excluding hydrogens is 931 g/mol. The summed E-state index contributed by atoms with van der Waals surface area (Å²) in [5.41, 5.74) is 7.77. The van der Waals surface area contributed by atoms with E-state index in [0.29, 0.717) is 29.7 Å². The number of nitrogens with one attached hydrogen (secondary N) is 5. The lowest BCUT2D eigenvalue weighted by molar-refractivity contribution is -0.142. The van der Waals surface area contributed by atoms with E-state index in [2.05, 4.69) is 26.6 Å². The molecule has 5 amide bonds. The van der Waals surface area contributed by atoms with Crippen LogP contribution in [0.1, 0.15) is 40.7 Å². The molecule has 2 bridgehead atoms. The predicted octanol–water partition coefficient (Wildman–Crippen LogP) is 7.22.